The molecule has 9 heteroatoms. The van der Waals surface area contributed by atoms with Gasteiger partial charge in [0.05, 0.1) is 19.1 Å². The number of rotatable bonds is 10. The molecule has 0 fully saturated rings. The highest BCUT2D eigenvalue weighted by molar-refractivity contribution is 7.92. The van der Waals surface area contributed by atoms with Crippen LogP contribution in [0.5, 0.6) is 5.75 Å². The zero-order valence-corrected chi connectivity index (χ0v) is 22.5. The second kappa shape index (κ2) is 11.6. The van der Waals surface area contributed by atoms with Crippen molar-refractivity contribution in [3.05, 3.63) is 59.7 Å². The lowest BCUT2D eigenvalue weighted by atomic mass is 10.1. The van der Waals surface area contributed by atoms with Crippen molar-refractivity contribution in [2.45, 2.75) is 59.2 Å². The number of methoxy groups -OCH3 is 1. The summed E-state index contributed by atoms with van der Waals surface area (Å²) in [6.45, 7) is 9.11. The van der Waals surface area contributed by atoms with E-state index in [1.54, 1.807) is 24.3 Å². The number of para-hydroxylation sites is 2. The van der Waals surface area contributed by atoms with Gasteiger partial charge in [0.2, 0.25) is 21.8 Å². The van der Waals surface area contributed by atoms with E-state index < -0.39 is 34.1 Å². The number of amides is 2. The van der Waals surface area contributed by atoms with Gasteiger partial charge in [0.15, 0.2) is 0 Å². The molecule has 2 aromatic carbocycles. The zero-order chi connectivity index (χ0) is 26.4. The number of hydrogen-bond donors (Lipinski definition) is 1. The molecule has 8 nitrogen and oxygen atoms in total. The Morgan fingerprint density at radius 2 is 1.66 bits per heavy atom. The van der Waals surface area contributed by atoms with Crippen molar-refractivity contribution in [3.63, 3.8) is 0 Å². The van der Waals surface area contributed by atoms with Crippen molar-refractivity contribution >= 4 is 27.5 Å². The van der Waals surface area contributed by atoms with Crippen LogP contribution < -0.4 is 14.4 Å². The summed E-state index contributed by atoms with van der Waals surface area (Å²) in [6, 6.07) is 13.5. The van der Waals surface area contributed by atoms with Gasteiger partial charge >= 0.3 is 0 Å². The maximum absolute atomic E-state index is 13.7. The highest BCUT2D eigenvalue weighted by Gasteiger charge is 2.33. The predicted molar refractivity (Wildman–Crippen MR) is 139 cm³/mol. The Morgan fingerprint density at radius 3 is 2.17 bits per heavy atom. The molecule has 0 heterocycles. The van der Waals surface area contributed by atoms with Gasteiger partial charge in [-0.3, -0.25) is 13.9 Å². The number of aryl methyl sites for hydroxylation is 1. The molecule has 0 aromatic heterocycles. The number of nitrogens with one attached hydrogen (secondary N) is 1. The van der Waals surface area contributed by atoms with Crippen molar-refractivity contribution in [3.8, 4) is 5.75 Å². The summed E-state index contributed by atoms with van der Waals surface area (Å²) in [7, 11) is -2.39. The monoisotopic (exact) mass is 503 g/mol. The van der Waals surface area contributed by atoms with Gasteiger partial charge in [0.1, 0.15) is 18.3 Å². The third-order valence-electron chi connectivity index (χ3n) is 5.39. The Bertz CT molecular complexity index is 1120. The molecule has 0 aliphatic heterocycles. The molecule has 0 saturated heterocycles. The number of benzene rings is 2. The van der Waals surface area contributed by atoms with Gasteiger partial charge in [0.25, 0.3) is 0 Å². The summed E-state index contributed by atoms with van der Waals surface area (Å²) < 4.78 is 31.8. The van der Waals surface area contributed by atoms with Gasteiger partial charge in [-0.15, -0.1) is 0 Å². The van der Waals surface area contributed by atoms with Crippen LogP contribution in [0.1, 0.15) is 45.2 Å². The first-order valence-corrected chi connectivity index (χ1v) is 13.4. The van der Waals surface area contributed by atoms with Crippen LogP contribution in [0.25, 0.3) is 0 Å². The lowest BCUT2D eigenvalue weighted by Gasteiger charge is -2.34. The topological polar surface area (TPSA) is 96.0 Å². The molecule has 0 saturated carbocycles. The summed E-state index contributed by atoms with van der Waals surface area (Å²) in [5.41, 5.74) is 1.69. The fourth-order valence-electron chi connectivity index (χ4n) is 3.69. The maximum atomic E-state index is 13.7. The normalized spacial score (nSPS) is 12.5. The van der Waals surface area contributed by atoms with Crippen LogP contribution in [-0.2, 0) is 26.2 Å². The maximum Gasteiger partial charge on any atom is 0.244 e. The van der Waals surface area contributed by atoms with Gasteiger partial charge < -0.3 is 15.0 Å². The minimum absolute atomic E-state index is 0.165. The zero-order valence-electron chi connectivity index (χ0n) is 21.7. The third-order valence-corrected chi connectivity index (χ3v) is 6.52. The average Bonchev–Trinajstić information content (AvgIpc) is 2.76. The standard InChI is InChI=1S/C26H37N3O5S/c1-8-21(25(31)27-26(3,4)5)28(17-20-15-13-19(2)14-16-20)24(30)18-29(35(7,32)33)22-11-9-10-12-23(22)34-6/h9-16,21H,8,17-18H2,1-7H3,(H,27,31)/t21-/m1/s1. The van der Waals surface area contributed by atoms with E-state index in [0.29, 0.717) is 12.2 Å². The first-order valence-electron chi connectivity index (χ1n) is 11.5. The van der Waals surface area contributed by atoms with E-state index in [1.807, 2.05) is 58.9 Å². The number of ether oxygens (including phenoxy) is 1. The number of carbonyl (C=O) groups excluding carboxylic acids is 2. The van der Waals surface area contributed by atoms with Gasteiger partial charge in [-0.25, -0.2) is 8.42 Å². The van der Waals surface area contributed by atoms with Crippen LogP contribution in [0, 0.1) is 6.92 Å². The van der Waals surface area contributed by atoms with E-state index in [2.05, 4.69) is 5.32 Å². The van der Waals surface area contributed by atoms with Crippen molar-refractivity contribution in [2.75, 3.05) is 24.2 Å². The van der Waals surface area contributed by atoms with Crippen LogP contribution in [0.2, 0.25) is 0 Å². The fraction of sp³-hybridized carbons (Fsp3) is 0.462. The summed E-state index contributed by atoms with van der Waals surface area (Å²) in [4.78, 5) is 28.3. The smallest absolute Gasteiger partial charge is 0.244 e. The summed E-state index contributed by atoms with van der Waals surface area (Å²) in [5, 5.41) is 2.95. The molecule has 0 aliphatic rings. The Hall–Kier alpha value is -3.07. The Labute approximate surface area is 209 Å². The number of nitrogens with zero attached hydrogens (tertiary/aromatic N) is 2. The van der Waals surface area contributed by atoms with Crippen LogP contribution in [0.4, 0.5) is 5.69 Å². The van der Waals surface area contributed by atoms with Crippen LogP contribution in [-0.4, -0.2) is 56.6 Å². The Balaban J connectivity index is 2.48. The van der Waals surface area contributed by atoms with E-state index in [4.69, 9.17) is 4.74 Å². The molecule has 192 valence electrons. The highest BCUT2D eigenvalue weighted by Crippen LogP contribution is 2.29. The van der Waals surface area contributed by atoms with E-state index in [-0.39, 0.29) is 18.1 Å². The minimum Gasteiger partial charge on any atom is -0.495 e. The molecular weight excluding hydrogens is 466 g/mol. The number of carbonyl (C=O) groups is 2. The molecule has 35 heavy (non-hydrogen) atoms. The quantitative estimate of drug-likeness (QED) is 0.535. The lowest BCUT2D eigenvalue weighted by Crippen LogP contribution is -2.55. The number of anilines is 1. The SMILES string of the molecule is CC[C@H](C(=O)NC(C)(C)C)N(Cc1ccc(C)cc1)C(=O)CN(c1ccccc1OC)S(C)(=O)=O. The molecule has 2 rings (SSSR count). The van der Waals surface area contributed by atoms with Gasteiger partial charge in [-0.05, 0) is 51.8 Å². The second-order valence-corrected chi connectivity index (χ2v) is 11.5. The van der Waals surface area contributed by atoms with Gasteiger partial charge in [-0.2, -0.15) is 0 Å². The van der Waals surface area contributed by atoms with Crippen molar-refractivity contribution < 1.29 is 22.7 Å². The fourth-order valence-corrected chi connectivity index (χ4v) is 4.55. The average molecular weight is 504 g/mol. The highest BCUT2D eigenvalue weighted by atomic mass is 32.2. The molecule has 1 atom stereocenters. The van der Waals surface area contributed by atoms with E-state index >= 15 is 0 Å². The first kappa shape index (κ1) is 28.2. The molecule has 0 bridgehead atoms. The van der Waals surface area contributed by atoms with E-state index in [0.717, 1.165) is 21.7 Å². The van der Waals surface area contributed by atoms with Crippen molar-refractivity contribution in [2.24, 2.45) is 0 Å². The summed E-state index contributed by atoms with van der Waals surface area (Å²) in [5.74, 6) is -0.449. The first-order chi connectivity index (χ1) is 16.3. The van der Waals surface area contributed by atoms with Crippen LogP contribution in [0.15, 0.2) is 48.5 Å². The molecule has 0 unspecified atom stereocenters. The Kier molecular flexibility index (Phi) is 9.31. The molecule has 0 radical (unpaired) electrons. The molecule has 1 N–H and O–H groups in total. The summed E-state index contributed by atoms with van der Waals surface area (Å²) >= 11 is 0. The molecular formula is C26H37N3O5S. The molecule has 0 aliphatic carbocycles. The van der Waals surface area contributed by atoms with E-state index in [9.17, 15) is 18.0 Å². The number of sulfonamides is 1. The third kappa shape index (κ3) is 7.99. The van der Waals surface area contributed by atoms with Crippen molar-refractivity contribution in [1.82, 2.24) is 10.2 Å². The molecule has 0 spiro atoms. The largest absolute Gasteiger partial charge is 0.495 e. The second-order valence-electron chi connectivity index (χ2n) is 9.61. The van der Waals surface area contributed by atoms with E-state index in [1.165, 1.54) is 12.0 Å². The van der Waals surface area contributed by atoms with Crippen LogP contribution in [0.3, 0.4) is 0 Å². The minimum atomic E-state index is -3.83. The van der Waals surface area contributed by atoms with Crippen molar-refractivity contribution in [1.29, 1.82) is 0 Å². The van der Waals surface area contributed by atoms with Crippen LogP contribution >= 0.6 is 0 Å². The lowest BCUT2D eigenvalue weighted by molar-refractivity contribution is -0.141. The molecule has 2 amide bonds. The van der Waals surface area contributed by atoms with Gasteiger partial charge in [-0.1, -0.05) is 48.9 Å². The summed E-state index contributed by atoms with van der Waals surface area (Å²) in [6.07, 6.45) is 1.41. The predicted octanol–water partition coefficient (Wildman–Crippen LogP) is 3.49. The van der Waals surface area contributed by atoms with Gasteiger partial charge in [0, 0.05) is 12.1 Å². The Morgan fingerprint density at radius 1 is 1.06 bits per heavy atom. The number of hydrogen-bond acceptors (Lipinski definition) is 5. The molecule has 2 aromatic rings.